The quantitative estimate of drug-likeness (QED) is 0.373. The van der Waals surface area contributed by atoms with E-state index < -0.39 is 0 Å². The Bertz CT molecular complexity index is 1300. The Morgan fingerprint density at radius 1 is 0.903 bits per heavy atom. The Morgan fingerprint density at radius 2 is 1.65 bits per heavy atom. The summed E-state index contributed by atoms with van der Waals surface area (Å²) in [5.41, 5.74) is 5.49. The lowest BCUT2D eigenvalue weighted by atomic mass is 9.87. The van der Waals surface area contributed by atoms with E-state index in [1.165, 1.54) is 5.56 Å². The molecule has 0 saturated heterocycles. The molecule has 4 heteroatoms. The number of hydrogen-bond acceptors (Lipinski definition) is 4. The molecule has 0 fully saturated rings. The molecule has 0 spiro atoms. The van der Waals surface area contributed by atoms with Crippen molar-refractivity contribution in [2.75, 3.05) is 11.6 Å². The standard InChI is InChI=1S/C27H25NO3/c1-27(2,3)19-9-11-20(12-10-19)28-16-23-24(30-17-28)14-13-21-22(15-25(29)31-26(21)23)18-7-5-4-6-8-18/h4-15H,16-17H2,1-3H3. The molecule has 0 radical (unpaired) electrons. The summed E-state index contributed by atoms with van der Waals surface area (Å²) < 4.78 is 11.8. The monoisotopic (exact) mass is 411 g/mol. The lowest BCUT2D eigenvalue weighted by Gasteiger charge is -2.31. The predicted molar refractivity (Wildman–Crippen MR) is 125 cm³/mol. The number of hydrogen-bond donors (Lipinski definition) is 0. The fourth-order valence-corrected chi connectivity index (χ4v) is 4.13. The first-order chi connectivity index (χ1) is 14.9. The molecule has 3 aromatic carbocycles. The normalized spacial score (nSPS) is 13.7. The third-order valence-electron chi connectivity index (χ3n) is 5.88. The van der Waals surface area contributed by atoms with Crippen LogP contribution in [0, 0.1) is 0 Å². The summed E-state index contributed by atoms with van der Waals surface area (Å²) in [5, 5.41) is 0.915. The van der Waals surface area contributed by atoms with Gasteiger partial charge in [0.2, 0.25) is 0 Å². The van der Waals surface area contributed by atoms with E-state index in [2.05, 4.69) is 49.9 Å². The lowest BCUT2D eigenvalue weighted by Crippen LogP contribution is -2.32. The maximum Gasteiger partial charge on any atom is 0.336 e. The minimum Gasteiger partial charge on any atom is -0.473 e. The molecular weight excluding hydrogens is 386 g/mol. The van der Waals surface area contributed by atoms with Crippen molar-refractivity contribution in [3.63, 3.8) is 0 Å². The molecule has 4 nitrogen and oxygen atoms in total. The lowest BCUT2D eigenvalue weighted by molar-refractivity contribution is 0.289. The number of anilines is 1. The molecule has 1 aliphatic rings. The molecule has 1 aliphatic heterocycles. The first-order valence-electron chi connectivity index (χ1n) is 10.5. The van der Waals surface area contributed by atoms with Crippen LogP contribution in [-0.2, 0) is 12.0 Å². The fraction of sp³-hybridized carbons (Fsp3) is 0.222. The number of fused-ring (bicyclic) bond motifs is 3. The van der Waals surface area contributed by atoms with Crippen molar-refractivity contribution < 1.29 is 9.15 Å². The average Bonchev–Trinajstić information content (AvgIpc) is 2.78. The highest BCUT2D eigenvalue weighted by Crippen LogP contribution is 2.37. The third-order valence-corrected chi connectivity index (χ3v) is 5.88. The van der Waals surface area contributed by atoms with E-state index in [0.717, 1.165) is 33.5 Å². The first-order valence-corrected chi connectivity index (χ1v) is 10.5. The minimum absolute atomic E-state index is 0.108. The van der Waals surface area contributed by atoms with Gasteiger partial charge < -0.3 is 14.1 Å². The highest BCUT2D eigenvalue weighted by atomic mass is 16.5. The Hall–Kier alpha value is -3.53. The van der Waals surface area contributed by atoms with Crippen LogP contribution in [0.1, 0.15) is 31.9 Å². The molecule has 0 aliphatic carbocycles. The molecule has 0 N–H and O–H groups in total. The van der Waals surface area contributed by atoms with Crippen LogP contribution in [0.2, 0.25) is 0 Å². The van der Waals surface area contributed by atoms with Gasteiger partial charge in [0.05, 0.1) is 12.1 Å². The smallest absolute Gasteiger partial charge is 0.336 e. The van der Waals surface area contributed by atoms with E-state index in [0.29, 0.717) is 18.9 Å². The van der Waals surface area contributed by atoms with Crippen molar-refractivity contribution in [3.8, 4) is 16.9 Å². The number of benzene rings is 3. The molecular formula is C27H25NO3. The van der Waals surface area contributed by atoms with Crippen LogP contribution in [-0.4, -0.2) is 6.73 Å². The van der Waals surface area contributed by atoms with Gasteiger partial charge in [-0.1, -0.05) is 63.2 Å². The van der Waals surface area contributed by atoms with Gasteiger partial charge in [-0.15, -0.1) is 0 Å². The molecule has 0 saturated carbocycles. The van der Waals surface area contributed by atoms with Crippen molar-refractivity contribution in [1.82, 2.24) is 0 Å². The summed E-state index contributed by atoms with van der Waals surface area (Å²) in [6, 6.07) is 24.0. The molecule has 5 rings (SSSR count). The van der Waals surface area contributed by atoms with Gasteiger partial charge in [-0.3, -0.25) is 0 Å². The highest BCUT2D eigenvalue weighted by molar-refractivity contribution is 5.96. The van der Waals surface area contributed by atoms with Gasteiger partial charge in [-0.25, -0.2) is 4.79 Å². The fourth-order valence-electron chi connectivity index (χ4n) is 4.13. The van der Waals surface area contributed by atoms with Gasteiger partial charge in [-0.05, 0) is 46.4 Å². The summed E-state index contributed by atoms with van der Waals surface area (Å²) in [7, 11) is 0. The molecule has 31 heavy (non-hydrogen) atoms. The van der Waals surface area contributed by atoms with Gasteiger partial charge in [0.25, 0.3) is 0 Å². The van der Waals surface area contributed by atoms with Crippen LogP contribution < -0.4 is 15.3 Å². The van der Waals surface area contributed by atoms with Crippen LogP contribution in [0.4, 0.5) is 5.69 Å². The molecule has 1 aromatic heterocycles. The molecule has 156 valence electrons. The number of nitrogens with zero attached hydrogens (tertiary/aromatic N) is 1. The summed E-state index contributed by atoms with van der Waals surface area (Å²) in [6.07, 6.45) is 0. The molecule has 2 heterocycles. The second kappa shape index (κ2) is 7.31. The molecule has 0 bridgehead atoms. The number of rotatable bonds is 2. The number of ether oxygens (including phenoxy) is 1. The summed E-state index contributed by atoms with van der Waals surface area (Å²) in [4.78, 5) is 14.6. The largest absolute Gasteiger partial charge is 0.473 e. The van der Waals surface area contributed by atoms with Crippen LogP contribution in [0.25, 0.3) is 22.1 Å². The Morgan fingerprint density at radius 3 is 2.35 bits per heavy atom. The van der Waals surface area contributed by atoms with E-state index >= 15 is 0 Å². The van der Waals surface area contributed by atoms with Gasteiger partial charge in [0.1, 0.15) is 11.3 Å². The van der Waals surface area contributed by atoms with E-state index in [9.17, 15) is 4.79 Å². The van der Waals surface area contributed by atoms with E-state index in [1.807, 2.05) is 42.5 Å². The van der Waals surface area contributed by atoms with E-state index in [-0.39, 0.29) is 11.0 Å². The summed E-state index contributed by atoms with van der Waals surface area (Å²) in [6.45, 7) is 7.70. The highest BCUT2D eigenvalue weighted by Gasteiger charge is 2.23. The van der Waals surface area contributed by atoms with Crippen molar-refractivity contribution in [1.29, 1.82) is 0 Å². The molecule has 0 amide bonds. The van der Waals surface area contributed by atoms with E-state index in [1.54, 1.807) is 6.07 Å². The van der Waals surface area contributed by atoms with Crippen molar-refractivity contribution >= 4 is 16.7 Å². The van der Waals surface area contributed by atoms with Gasteiger partial charge in [-0.2, -0.15) is 0 Å². The SMILES string of the molecule is CC(C)(C)c1ccc(N2COc3ccc4c(-c5ccccc5)cc(=O)oc4c3C2)cc1. The average molecular weight is 412 g/mol. The Kier molecular flexibility index (Phi) is 4.58. The summed E-state index contributed by atoms with van der Waals surface area (Å²) in [5.74, 6) is 0.767. The predicted octanol–water partition coefficient (Wildman–Crippen LogP) is 6.11. The molecule has 0 unspecified atom stereocenters. The summed E-state index contributed by atoms with van der Waals surface area (Å²) >= 11 is 0. The second-order valence-corrected chi connectivity index (χ2v) is 9.03. The molecule has 4 aromatic rings. The van der Waals surface area contributed by atoms with Crippen molar-refractivity contribution in [3.05, 3.63) is 94.3 Å². The van der Waals surface area contributed by atoms with Crippen LogP contribution in [0.15, 0.2) is 82.0 Å². The van der Waals surface area contributed by atoms with E-state index in [4.69, 9.17) is 9.15 Å². The topological polar surface area (TPSA) is 42.7 Å². The van der Waals surface area contributed by atoms with Crippen LogP contribution in [0.5, 0.6) is 5.75 Å². The van der Waals surface area contributed by atoms with Crippen molar-refractivity contribution in [2.24, 2.45) is 0 Å². The maximum absolute atomic E-state index is 12.4. The van der Waals surface area contributed by atoms with Gasteiger partial charge in [0.15, 0.2) is 6.73 Å². The zero-order valence-electron chi connectivity index (χ0n) is 18.0. The third kappa shape index (κ3) is 3.59. The van der Waals surface area contributed by atoms with Gasteiger partial charge in [0, 0.05) is 17.1 Å². The minimum atomic E-state index is -0.355. The Balaban J connectivity index is 1.58. The second-order valence-electron chi connectivity index (χ2n) is 9.03. The zero-order valence-corrected chi connectivity index (χ0v) is 18.0. The van der Waals surface area contributed by atoms with Crippen LogP contribution in [0.3, 0.4) is 0 Å². The Labute approximate surface area is 181 Å². The first kappa shape index (κ1) is 19.4. The van der Waals surface area contributed by atoms with Crippen molar-refractivity contribution in [2.45, 2.75) is 32.7 Å². The maximum atomic E-state index is 12.4. The zero-order chi connectivity index (χ0) is 21.6. The molecule has 0 atom stereocenters. The van der Waals surface area contributed by atoms with Gasteiger partial charge >= 0.3 is 5.63 Å². The van der Waals surface area contributed by atoms with Crippen LogP contribution >= 0.6 is 0 Å².